The van der Waals surface area contributed by atoms with Crippen LogP contribution in [0.2, 0.25) is 0 Å². The number of rotatable bonds is 2. The fraction of sp³-hybridized carbons (Fsp3) is 0.933. The molecule has 1 amide bonds. The molecular formula is C15H26N2O2. The van der Waals surface area contributed by atoms with Crippen molar-refractivity contribution < 1.29 is 9.53 Å². The first kappa shape index (κ1) is 13.4. The summed E-state index contributed by atoms with van der Waals surface area (Å²) in [6.07, 6.45) is 8.43. The molecule has 3 rings (SSSR count). The molecule has 2 aliphatic heterocycles. The molecule has 0 aromatic heterocycles. The van der Waals surface area contributed by atoms with Gasteiger partial charge in [0.1, 0.15) is 0 Å². The summed E-state index contributed by atoms with van der Waals surface area (Å²) in [5.41, 5.74) is 0. The van der Waals surface area contributed by atoms with Gasteiger partial charge in [0.15, 0.2) is 0 Å². The monoisotopic (exact) mass is 266 g/mol. The number of hydrogen-bond donors (Lipinski definition) is 2. The Bertz CT molecular complexity index is 320. The van der Waals surface area contributed by atoms with Crippen LogP contribution in [0.1, 0.15) is 51.9 Å². The predicted molar refractivity (Wildman–Crippen MR) is 73.9 cm³/mol. The largest absolute Gasteiger partial charge is 0.378 e. The highest BCUT2D eigenvalue weighted by atomic mass is 16.5. The van der Waals surface area contributed by atoms with Crippen molar-refractivity contribution in [3.05, 3.63) is 0 Å². The van der Waals surface area contributed by atoms with Crippen molar-refractivity contribution in [2.24, 2.45) is 5.92 Å². The average molecular weight is 266 g/mol. The van der Waals surface area contributed by atoms with Crippen molar-refractivity contribution in [2.75, 3.05) is 6.61 Å². The summed E-state index contributed by atoms with van der Waals surface area (Å²) in [6.45, 7) is 2.86. The number of ether oxygens (including phenoxy) is 1. The van der Waals surface area contributed by atoms with Crippen molar-refractivity contribution >= 4 is 5.91 Å². The molecule has 3 aliphatic rings. The Morgan fingerprint density at radius 2 is 2.05 bits per heavy atom. The van der Waals surface area contributed by atoms with E-state index in [1.807, 2.05) is 0 Å². The number of hydrogen-bond acceptors (Lipinski definition) is 3. The van der Waals surface area contributed by atoms with Crippen molar-refractivity contribution in [2.45, 2.75) is 76.1 Å². The van der Waals surface area contributed by atoms with E-state index in [0.29, 0.717) is 12.1 Å². The predicted octanol–water partition coefficient (Wildman–Crippen LogP) is 1.59. The second-order valence-electron chi connectivity index (χ2n) is 6.52. The summed E-state index contributed by atoms with van der Waals surface area (Å²) in [5, 5.41) is 6.77. The fourth-order valence-corrected chi connectivity index (χ4v) is 3.95. The second kappa shape index (κ2) is 5.80. The van der Waals surface area contributed by atoms with Crippen LogP contribution in [0, 0.1) is 5.92 Å². The Morgan fingerprint density at radius 1 is 1.21 bits per heavy atom. The summed E-state index contributed by atoms with van der Waals surface area (Å²) in [5.74, 6) is 0.951. The Morgan fingerprint density at radius 3 is 2.84 bits per heavy atom. The van der Waals surface area contributed by atoms with Crippen molar-refractivity contribution in [3.8, 4) is 0 Å². The fourth-order valence-electron chi connectivity index (χ4n) is 3.95. The van der Waals surface area contributed by atoms with Crippen LogP contribution in [0.15, 0.2) is 0 Å². The zero-order chi connectivity index (χ0) is 13.2. The van der Waals surface area contributed by atoms with Crippen LogP contribution in [-0.2, 0) is 9.53 Å². The maximum absolute atomic E-state index is 12.3. The Hall–Kier alpha value is -0.610. The molecule has 108 valence electrons. The van der Waals surface area contributed by atoms with Gasteiger partial charge in [-0.15, -0.1) is 0 Å². The van der Waals surface area contributed by atoms with Crippen LogP contribution >= 0.6 is 0 Å². The zero-order valence-corrected chi connectivity index (χ0v) is 11.9. The lowest BCUT2D eigenvalue weighted by atomic mass is 9.85. The lowest BCUT2D eigenvalue weighted by Gasteiger charge is -2.29. The van der Waals surface area contributed by atoms with Crippen LogP contribution in [0.3, 0.4) is 0 Å². The first-order chi connectivity index (χ1) is 9.22. The number of amides is 1. The highest BCUT2D eigenvalue weighted by Gasteiger charge is 2.38. The van der Waals surface area contributed by atoms with Gasteiger partial charge in [-0.05, 0) is 44.9 Å². The van der Waals surface area contributed by atoms with Gasteiger partial charge in [-0.2, -0.15) is 0 Å². The maximum atomic E-state index is 12.3. The first-order valence-electron chi connectivity index (χ1n) is 7.90. The quantitative estimate of drug-likeness (QED) is 0.798. The van der Waals surface area contributed by atoms with Crippen molar-refractivity contribution in [1.29, 1.82) is 0 Å². The molecule has 2 saturated heterocycles. The molecule has 0 spiro atoms. The molecule has 0 aromatic carbocycles. The van der Waals surface area contributed by atoms with Crippen LogP contribution in [0.25, 0.3) is 0 Å². The molecule has 0 radical (unpaired) electrons. The molecule has 5 atom stereocenters. The van der Waals surface area contributed by atoms with Gasteiger partial charge in [0.25, 0.3) is 0 Å². The molecule has 3 fully saturated rings. The molecular weight excluding hydrogens is 240 g/mol. The number of carbonyl (C=O) groups is 1. The Balaban J connectivity index is 1.50. The average Bonchev–Trinajstić information content (AvgIpc) is 2.82. The smallest absolute Gasteiger partial charge is 0.237 e. The third-order valence-electron chi connectivity index (χ3n) is 5.01. The lowest BCUT2D eigenvalue weighted by Crippen LogP contribution is -2.49. The normalized spacial score (nSPS) is 42.7. The van der Waals surface area contributed by atoms with Gasteiger partial charge in [0, 0.05) is 18.7 Å². The van der Waals surface area contributed by atoms with E-state index >= 15 is 0 Å². The minimum absolute atomic E-state index is 0.0475. The molecule has 1 saturated carbocycles. The topological polar surface area (TPSA) is 50.4 Å². The van der Waals surface area contributed by atoms with E-state index in [9.17, 15) is 4.79 Å². The van der Waals surface area contributed by atoms with Gasteiger partial charge in [-0.25, -0.2) is 0 Å². The van der Waals surface area contributed by atoms with E-state index in [4.69, 9.17) is 4.74 Å². The second-order valence-corrected chi connectivity index (χ2v) is 6.52. The number of nitrogens with one attached hydrogen (secondary N) is 2. The lowest BCUT2D eigenvalue weighted by molar-refractivity contribution is -0.124. The minimum Gasteiger partial charge on any atom is -0.378 e. The van der Waals surface area contributed by atoms with E-state index in [1.54, 1.807) is 0 Å². The molecule has 5 unspecified atom stereocenters. The molecule has 2 heterocycles. The molecule has 1 aliphatic carbocycles. The molecule has 19 heavy (non-hydrogen) atoms. The zero-order valence-electron chi connectivity index (χ0n) is 11.9. The Kier molecular flexibility index (Phi) is 4.08. The standard InChI is InChI=1S/C15H26N2O2/c1-10-8-12(6-7-19-10)16-15(18)14-9-11-4-2-3-5-13(11)17-14/h10-14,17H,2-9H2,1H3,(H,16,18). The summed E-state index contributed by atoms with van der Waals surface area (Å²) in [6, 6.07) is 0.949. The van der Waals surface area contributed by atoms with Crippen molar-refractivity contribution in [3.63, 3.8) is 0 Å². The van der Waals surface area contributed by atoms with E-state index in [2.05, 4.69) is 17.6 Å². The summed E-state index contributed by atoms with van der Waals surface area (Å²) >= 11 is 0. The van der Waals surface area contributed by atoms with Gasteiger partial charge >= 0.3 is 0 Å². The third-order valence-corrected chi connectivity index (χ3v) is 5.01. The van der Waals surface area contributed by atoms with Crippen molar-refractivity contribution in [1.82, 2.24) is 10.6 Å². The maximum Gasteiger partial charge on any atom is 0.237 e. The molecule has 4 heteroatoms. The van der Waals surface area contributed by atoms with Crippen LogP contribution in [-0.4, -0.2) is 36.7 Å². The first-order valence-corrected chi connectivity index (χ1v) is 7.90. The SMILES string of the molecule is CC1CC(NC(=O)C2CC3CCCCC3N2)CCO1. The van der Waals surface area contributed by atoms with Gasteiger partial charge in [0.2, 0.25) is 5.91 Å². The third kappa shape index (κ3) is 3.11. The summed E-state index contributed by atoms with van der Waals surface area (Å²) in [7, 11) is 0. The van der Waals surface area contributed by atoms with Gasteiger partial charge < -0.3 is 15.4 Å². The Labute approximate surface area is 115 Å². The van der Waals surface area contributed by atoms with Gasteiger partial charge in [-0.1, -0.05) is 12.8 Å². The molecule has 4 nitrogen and oxygen atoms in total. The van der Waals surface area contributed by atoms with Gasteiger partial charge in [-0.3, -0.25) is 4.79 Å². The molecule has 0 aromatic rings. The van der Waals surface area contributed by atoms with E-state index in [1.165, 1.54) is 25.7 Å². The molecule has 2 N–H and O–H groups in total. The van der Waals surface area contributed by atoms with Gasteiger partial charge in [0.05, 0.1) is 12.1 Å². The van der Waals surface area contributed by atoms with Crippen LogP contribution < -0.4 is 10.6 Å². The number of fused-ring (bicyclic) bond motifs is 1. The minimum atomic E-state index is 0.0475. The van der Waals surface area contributed by atoms with Crippen LogP contribution in [0.4, 0.5) is 0 Å². The summed E-state index contributed by atoms with van der Waals surface area (Å²) < 4.78 is 5.53. The highest BCUT2D eigenvalue weighted by molar-refractivity contribution is 5.82. The molecule has 0 bridgehead atoms. The number of carbonyl (C=O) groups excluding carboxylic acids is 1. The summed E-state index contributed by atoms with van der Waals surface area (Å²) in [4.78, 5) is 12.3. The van der Waals surface area contributed by atoms with E-state index in [-0.39, 0.29) is 18.1 Å². The van der Waals surface area contributed by atoms with E-state index in [0.717, 1.165) is 31.8 Å². The van der Waals surface area contributed by atoms with E-state index < -0.39 is 0 Å². The van der Waals surface area contributed by atoms with Crippen LogP contribution in [0.5, 0.6) is 0 Å². The highest BCUT2D eigenvalue weighted by Crippen LogP contribution is 2.33.